The molecular weight excluding hydrogens is 248 g/mol. The van der Waals surface area contributed by atoms with E-state index in [2.05, 4.69) is 50.6 Å². The smallest absolute Gasteiger partial charge is 0.141 e. The first-order valence-electron chi connectivity index (χ1n) is 7.92. The molecule has 4 heteroatoms. The molecule has 1 aliphatic carbocycles. The van der Waals surface area contributed by atoms with Gasteiger partial charge in [-0.1, -0.05) is 29.8 Å². The first-order chi connectivity index (χ1) is 9.91. The van der Waals surface area contributed by atoms with Crippen LogP contribution in [-0.2, 0) is 0 Å². The molecular formula is C16H22N4. The summed E-state index contributed by atoms with van der Waals surface area (Å²) in [5.41, 5.74) is 1.22. The van der Waals surface area contributed by atoms with Gasteiger partial charge in [0.1, 0.15) is 11.7 Å². The van der Waals surface area contributed by atoms with Gasteiger partial charge in [0.25, 0.3) is 0 Å². The van der Waals surface area contributed by atoms with Crippen LogP contribution in [0.15, 0.2) is 40.7 Å². The monoisotopic (exact) mass is 270 g/mol. The van der Waals surface area contributed by atoms with E-state index in [0.717, 1.165) is 0 Å². The molecule has 2 unspecified atom stereocenters. The van der Waals surface area contributed by atoms with Crippen LogP contribution in [0.4, 0.5) is 5.69 Å². The number of nitrogens with zero attached hydrogens (tertiary/aromatic N) is 4. The number of hydrogen-bond acceptors (Lipinski definition) is 4. The Morgan fingerprint density at radius 3 is 2.60 bits per heavy atom. The van der Waals surface area contributed by atoms with Crippen LogP contribution < -0.4 is 5.01 Å². The van der Waals surface area contributed by atoms with Gasteiger partial charge in [-0.3, -0.25) is 4.90 Å². The fourth-order valence-electron chi connectivity index (χ4n) is 4.17. The summed E-state index contributed by atoms with van der Waals surface area (Å²) in [7, 11) is 0. The Hall–Kier alpha value is -1.42. The highest BCUT2D eigenvalue weighted by Crippen LogP contribution is 2.47. The van der Waals surface area contributed by atoms with E-state index in [9.17, 15) is 0 Å². The maximum absolute atomic E-state index is 4.61. The topological polar surface area (TPSA) is 31.2 Å². The number of fused-ring (bicyclic) bond motifs is 1. The minimum Gasteiger partial charge on any atom is -0.277 e. The van der Waals surface area contributed by atoms with Gasteiger partial charge in [0.2, 0.25) is 0 Å². The van der Waals surface area contributed by atoms with Crippen molar-refractivity contribution in [2.75, 3.05) is 18.1 Å². The van der Waals surface area contributed by atoms with Crippen molar-refractivity contribution >= 4 is 5.69 Å². The summed E-state index contributed by atoms with van der Waals surface area (Å²) >= 11 is 0. The molecule has 4 nitrogen and oxygen atoms in total. The van der Waals surface area contributed by atoms with Crippen LogP contribution in [0.25, 0.3) is 0 Å². The Morgan fingerprint density at radius 1 is 1.00 bits per heavy atom. The van der Waals surface area contributed by atoms with E-state index < -0.39 is 0 Å². The molecule has 1 aromatic rings. The average molecular weight is 270 g/mol. The molecule has 106 valence electrons. The molecule has 1 saturated carbocycles. The lowest BCUT2D eigenvalue weighted by molar-refractivity contribution is 0.0683. The summed E-state index contributed by atoms with van der Waals surface area (Å²) in [5, 5.41) is 11.4. The van der Waals surface area contributed by atoms with Crippen molar-refractivity contribution in [1.82, 2.24) is 4.90 Å². The van der Waals surface area contributed by atoms with E-state index in [-0.39, 0.29) is 5.66 Å². The molecule has 2 fully saturated rings. The van der Waals surface area contributed by atoms with Crippen molar-refractivity contribution in [3.8, 4) is 0 Å². The number of likely N-dealkylation sites (tertiary alicyclic amines) is 1. The van der Waals surface area contributed by atoms with Crippen molar-refractivity contribution in [2.45, 2.75) is 50.2 Å². The van der Waals surface area contributed by atoms with Crippen LogP contribution in [0.3, 0.4) is 0 Å². The molecule has 0 radical (unpaired) electrons. The molecule has 4 rings (SSSR count). The Kier molecular flexibility index (Phi) is 2.99. The molecule has 0 aromatic heterocycles. The van der Waals surface area contributed by atoms with Crippen molar-refractivity contribution in [3.63, 3.8) is 0 Å². The van der Waals surface area contributed by atoms with Gasteiger partial charge in [-0.2, -0.15) is 5.11 Å². The van der Waals surface area contributed by atoms with Crippen LogP contribution in [0.2, 0.25) is 0 Å². The Bertz CT molecular complexity index is 494. The van der Waals surface area contributed by atoms with Gasteiger partial charge in [0.05, 0.1) is 5.69 Å². The first kappa shape index (κ1) is 12.3. The van der Waals surface area contributed by atoms with Gasteiger partial charge in [-0.05, 0) is 44.2 Å². The van der Waals surface area contributed by atoms with E-state index >= 15 is 0 Å². The number of rotatable bonds is 2. The van der Waals surface area contributed by atoms with E-state index in [1.807, 2.05) is 0 Å². The van der Waals surface area contributed by atoms with E-state index in [4.69, 9.17) is 0 Å². The molecule has 0 N–H and O–H groups in total. The molecule has 1 saturated heterocycles. The second kappa shape index (κ2) is 4.85. The lowest BCUT2D eigenvalue weighted by atomic mass is 9.97. The zero-order valence-corrected chi connectivity index (χ0v) is 11.9. The van der Waals surface area contributed by atoms with Crippen molar-refractivity contribution < 1.29 is 0 Å². The maximum atomic E-state index is 4.61. The fourth-order valence-corrected chi connectivity index (χ4v) is 4.17. The fraction of sp³-hybridized carbons (Fsp3) is 0.625. The number of benzene rings is 1. The van der Waals surface area contributed by atoms with Crippen LogP contribution >= 0.6 is 0 Å². The number of para-hydroxylation sites is 1. The molecule has 20 heavy (non-hydrogen) atoms. The highest BCUT2D eigenvalue weighted by Gasteiger charge is 2.56. The molecule has 3 aliphatic rings. The van der Waals surface area contributed by atoms with Crippen molar-refractivity contribution in [2.24, 2.45) is 10.3 Å². The quantitative estimate of drug-likeness (QED) is 0.822. The van der Waals surface area contributed by atoms with Crippen molar-refractivity contribution in [1.29, 1.82) is 0 Å². The third kappa shape index (κ3) is 1.71. The third-order valence-corrected chi connectivity index (χ3v) is 5.11. The summed E-state index contributed by atoms with van der Waals surface area (Å²) in [6, 6.07) is 10.9. The predicted octanol–water partition coefficient (Wildman–Crippen LogP) is 3.61. The van der Waals surface area contributed by atoms with Gasteiger partial charge in [0.15, 0.2) is 0 Å². The molecule has 2 atom stereocenters. The summed E-state index contributed by atoms with van der Waals surface area (Å²) < 4.78 is 0. The van der Waals surface area contributed by atoms with Crippen LogP contribution in [0.1, 0.15) is 38.5 Å². The van der Waals surface area contributed by atoms with E-state index in [1.165, 1.54) is 57.3 Å². The molecule has 0 amide bonds. The van der Waals surface area contributed by atoms with Gasteiger partial charge >= 0.3 is 0 Å². The van der Waals surface area contributed by atoms with Gasteiger partial charge in [-0.15, -0.1) is 0 Å². The summed E-state index contributed by atoms with van der Waals surface area (Å²) in [6.45, 7) is 2.40. The van der Waals surface area contributed by atoms with Crippen LogP contribution in [0, 0.1) is 0 Å². The summed E-state index contributed by atoms with van der Waals surface area (Å²) in [4.78, 5) is 2.67. The normalized spacial score (nSPS) is 33.6. The van der Waals surface area contributed by atoms with Gasteiger partial charge in [-0.25, -0.2) is 5.01 Å². The lowest BCUT2D eigenvalue weighted by Crippen LogP contribution is -2.61. The highest BCUT2D eigenvalue weighted by molar-refractivity contribution is 5.49. The summed E-state index contributed by atoms with van der Waals surface area (Å²) in [5.74, 6) is 0. The lowest BCUT2D eigenvalue weighted by Gasteiger charge is -2.46. The second-order valence-corrected chi connectivity index (χ2v) is 6.19. The van der Waals surface area contributed by atoms with E-state index in [0.29, 0.717) is 6.04 Å². The van der Waals surface area contributed by atoms with Gasteiger partial charge in [0, 0.05) is 13.1 Å². The SMILES string of the molecule is c1ccc(N2N=NC3CCCC32N2CCCCC2)cc1. The number of piperidine rings is 1. The predicted molar refractivity (Wildman–Crippen MR) is 79.6 cm³/mol. The minimum atomic E-state index is 0.0295. The minimum absolute atomic E-state index is 0.0295. The van der Waals surface area contributed by atoms with Gasteiger partial charge < -0.3 is 0 Å². The van der Waals surface area contributed by atoms with Crippen LogP contribution in [0.5, 0.6) is 0 Å². The third-order valence-electron chi connectivity index (χ3n) is 5.11. The Labute approximate surface area is 120 Å². The molecule has 2 heterocycles. The van der Waals surface area contributed by atoms with E-state index in [1.54, 1.807) is 0 Å². The first-order valence-corrected chi connectivity index (χ1v) is 7.92. The maximum Gasteiger partial charge on any atom is 0.141 e. The Balaban J connectivity index is 1.72. The highest BCUT2D eigenvalue weighted by atomic mass is 15.7. The number of hydrogen-bond donors (Lipinski definition) is 0. The standard InChI is InChI=1S/C16H22N4/c1-3-8-14(9-4-1)20-16(19-12-5-2-6-13-19)11-7-10-15(16)17-18-20/h1,3-4,8-9,15H,2,5-7,10-13H2. The largest absolute Gasteiger partial charge is 0.277 e. The molecule has 2 aliphatic heterocycles. The molecule has 1 aromatic carbocycles. The van der Waals surface area contributed by atoms with Crippen LogP contribution in [-0.4, -0.2) is 29.7 Å². The zero-order chi connectivity index (χ0) is 13.4. The summed E-state index contributed by atoms with van der Waals surface area (Å²) in [6.07, 6.45) is 7.65. The van der Waals surface area contributed by atoms with Crippen molar-refractivity contribution in [3.05, 3.63) is 30.3 Å². The molecule has 0 bridgehead atoms. The Morgan fingerprint density at radius 2 is 1.80 bits per heavy atom. The zero-order valence-electron chi connectivity index (χ0n) is 11.9. The molecule has 0 spiro atoms. The number of anilines is 1. The second-order valence-electron chi connectivity index (χ2n) is 6.19. The average Bonchev–Trinajstić information content (AvgIpc) is 3.08.